The van der Waals surface area contributed by atoms with Gasteiger partial charge in [0.2, 0.25) is 0 Å². The van der Waals surface area contributed by atoms with Gasteiger partial charge in [-0.05, 0) is 60.2 Å². The zero-order chi connectivity index (χ0) is 26.9. The second-order valence-corrected chi connectivity index (χ2v) is 10.6. The van der Waals surface area contributed by atoms with E-state index in [4.69, 9.17) is 15.0 Å². The normalized spacial score (nSPS) is 10.5. The fourth-order valence-corrected chi connectivity index (χ4v) is 7.39. The number of pyridine rings is 3. The van der Waals surface area contributed by atoms with Gasteiger partial charge in [0.15, 0.2) is 0 Å². The van der Waals surface area contributed by atoms with Crippen molar-refractivity contribution in [3.63, 3.8) is 0 Å². The van der Waals surface area contributed by atoms with Gasteiger partial charge in [-0.1, -0.05) is 105 Å². The van der Waals surface area contributed by atoms with E-state index in [-0.39, 0.29) is 0 Å². The maximum absolute atomic E-state index is 4.73. The topological polar surface area (TPSA) is 38.7 Å². The van der Waals surface area contributed by atoms with E-state index in [1.165, 1.54) is 15.9 Å². The lowest BCUT2D eigenvalue weighted by atomic mass is 10.1. The third kappa shape index (κ3) is 5.70. The average molecular weight is 524 g/mol. The van der Waals surface area contributed by atoms with E-state index in [9.17, 15) is 0 Å². The van der Waals surface area contributed by atoms with Gasteiger partial charge in [0.1, 0.15) is 0 Å². The first-order valence-corrected chi connectivity index (χ1v) is 14.6. The van der Waals surface area contributed by atoms with Crippen molar-refractivity contribution >= 4 is 23.8 Å². The van der Waals surface area contributed by atoms with Gasteiger partial charge in [0.25, 0.3) is 0 Å². The fraction of sp³-hybridized carbons (Fsp3) is 0.0571. The quantitative estimate of drug-likeness (QED) is 0.210. The van der Waals surface area contributed by atoms with Crippen LogP contribution in [0.2, 0.25) is 0 Å². The first-order valence-electron chi connectivity index (χ1n) is 13.2. The molecule has 0 aliphatic heterocycles. The average Bonchev–Trinajstić information content (AvgIpc) is 3.04. The maximum Gasteiger partial charge on any atom is 0.0708 e. The predicted molar refractivity (Wildman–Crippen MR) is 166 cm³/mol. The summed E-state index contributed by atoms with van der Waals surface area (Å²) in [5, 5.41) is 3.76. The van der Waals surface area contributed by atoms with Crippen molar-refractivity contribution in [2.45, 2.75) is 13.8 Å². The predicted octanol–water partition coefficient (Wildman–Crippen LogP) is 7.66. The number of hydrogen-bond acceptors (Lipinski definition) is 3. The van der Waals surface area contributed by atoms with Crippen LogP contribution in [0, 0.1) is 0 Å². The lowest BCUT2D eigenvalue weighted by molar-refractivity contribution is 1.33. The van der Waals surface area contributed by atoms with E-state index in [1.807, 2.05) is 68.8 Å². The van der Waals surface area contributed by atoms with Crippen LogP contribution >= 0.6 is 7.92 Å². The standard InChI is InChI=1S/C33H24N3P.C2H6/c1-4-19-31(25(13-1)28-16-7-10-22-34-28)37(32-20-5-2-14-26(32)29-17-8-11-23-35-29)33-21-6-3-15-27(33)30-18-9-12-24-36-30;1-2/h1-24H;1-2H3. The number of hydrogen-bond donors (Lipinski definition) is 0. The van der Waals surface area contributed by atoms with Crippen LogP contribution in [0.15, 0.2) is 146 Å². The first-order chi connectivity index (χ1) is 19.4. The minimum atomic E-state index is -0.999. The highest BCUT2D eigenvalue weighted by Crippen LogP contribution is 2.42. The third-order valence-corrected chi connectivity index (χ3v) is 8.87. The molecular formula is C35H30N3P. The van der Waals surface area contributed by atoms with E-state index in [2.05, 4.69) is 91.0 Å². The number of aromatic nitrogens is 3. The number of nitrogens with zero attached hydrogens (tertiary/aromatic N) is 3. The maximum atomic E-state index is 4.73. The Hall–Kier alpha value is -4.46. The summed E-state index contributed by atoms with van der Waals surface area (Å²) in [4.78, 5) is 14.2. The molecule has 0 atom stereocenters. The molecule has 0 saturated heterocycles. The molecule has 3 aromatic carbocycles. The molecule has 6 rings (SSSR count). The summed E-state index contributed by atoms with van der Waals surface area (Å²) < 4.78 is 0. The molecule has 3 aromatic heterocycles. The summed E-state index contributed by atoms with van der Waals surface area (Å²) in [5.41, 5.74) is 6.33. The number of benzene rings is 3. The van der Waals surface area contributed by atoms with E-state index in [1.54, 1.807) is 0 Å². The van der Waals surface area contributed by atoms with Crippen LogP contribution in [0.5, 0.6) is 0 Å². The minimum absolute atomic E-state index is 0.969. The monoisotopic (exact) mass is 523 g/mol. The second-order valence-electron chi connectivity index (χ2n) is 8.53. The molecular weight excluding hydrogens is 493 g/mol. The Morgan fingerprint density at radius 3 is 0.923 bits per heavy atom. The molecule has 190 valence electrons. The fourth-order valence-electron chi connectivity index (χ4n) is 4.61. The first kappa shape index (κ1) is 26.2. The Bertz CT molecular complexity index is 1420. The zero-order valence-electron chi connectivity index (χ0n) is 22.1. The van der Waals surface area contributed by atoms with E-state index < -0.39 is 7.92 Å². The van der Waals surface area contributed by atoms with Gasteiger partial charge >= 0.3 is 0 Å². The van der Waals surface area contributed by atoms with Crippen molar-refractivity contribution in [2.75, 3.05) is 0 Å². The molecule has 0 aliphatic carbocycles. The second kappa shape index (κ2) is 12.9. The molecule has 0 amide bonds. The smallest absolute Gasteiger partial charge is 0.0708 e. The van der Waals surface area contributed by atoms with Crippen LogP contribution < -0.4 is 15.9 Å². The highest BCUT2D eigenvalue weighted by atomic mass is 31.1. The Balaban J connectivity index is 0.00000151. The van der Waals surface area contributed by atoms with Crippen molar-refractivity contribution < 1.29 is 0 Å². The molecule has 39 heavy (non-hydrogen) atoms. The highest BCUT2D eigenvalue weighted by molar-refractivity contribution is 7.80. The van der Waals surface area contributed by atoms with Crippen LogP contribution in [0.25, 0.3) is 33.8 Å². The van der Waals surface area contributed by atoms with Crippen molar-refractivity contribution in [3.8, 4) is 33.8 Å². The van der Waals surface area contributed by atoms with Crippen LogP contribution in [0.3, 0.4) is 0 Å². The highest BCUT2D eigenvalue weighted by Gasteiger charge is 2.26. The molecule has 3 heterocycles. The van der Waals surface area contributed by atoms with Crippen molar-refractivity contribution in [1.29, 1.82) is 0 Å². The van der Waals surface area contributed by atoms with Gasteiger partial charge in [-0.2, -0.15) is 0 Å². The SMILES string of the molecule is CC.c1ccc(-c2ccccc2P(c2ccccc2-c2ccccn2)c2ccccc2-c2ccccn2)nc1. The molecule has 3 nitrogen and oxygen atoms in total. The molecule has 0 fully saturated rings. The molecule has 0 unspecified atom stereocenters. The van der Waals surface area contributed by atoms with Gasteiger partial charge in [0, 0.05) is 35.3 Å². The Morgan fingerprint density at radius 2 is 0.641 bits per heavy atom. The summed E-state index contributed by atoms with van der Waals surface area (Å²) in [6.07, 6.45) is 5.58. The molecule has 0 radical (unpaired) electrons. The molecule has 0 N–H and O–H groups in total. The summed E-state index contributed by atoms with van der Waals surface area (Å²) in [5.74, 6) is 0. The van der Waals surface area contributed by atoms with Gasteiger partial charge < -0.3 is 0 Å². The van der Waals surface area contributed by atoms with E-state index >= 15 is 0 Å². The van der Waals surface area contributed by atoms with Gasteiger partial charge in [-0.3, -0.25) is 15.0 Å². The van der Waals surface area contributed by atoms with Crippen LogP contribution in [-0.2, 0) is 0 Å². The van der Waals surface area contributed by atoms with Crippen molar-refractivity contribution in [3.05, 3.63) is 146 Å². The molecule has 0 bridgehead atoms. The largest absolute Gasteiger partial charge is 0.256 e. The van der Waals surface area contributed by atoms with Crippen LogP contribution in [0.4, 0.5) is 0 Å². The minimum Gasteiger partial charge on any atom is -0.256 e. The van der Waals surface area contributed by atoms with Gasteiger partial charge in [-0.15, -0.1) is 0 Å². The zero-order valence-corrected chi connectivity index (χ0v) is 23.0. The van der Waals surface area contributed by atoms with E-state index in [0.29, 0.717) is 0 Å². The molecule has 6 aromatic rings. The Labute approximate surface area is 232 Å². The number of rotatable bonds is 6. The summed E-state index contributed by atoms with van der Waals surface area (Å²) >= 11 is 0. The molecule has 0 saturated carbocycles. The molecule has 4 heteroatoms. The Morgan fingerprint density at radius 1 is 0.359 bits per heavy atom. The van der Waals surface area contributed by atoms with Crippen LogP contribution in [-0.4, -0.2) is 15.0 Å². The molecule has 0 spiro atoms. The third-order valence-electron chi connectivity index (χ3n) is 6.26. The van der Waals surface area contributed by atoms with Crippen molar-refractivity contribution in [1.82, 2.24) is 15.0 Å². The lowest BCUT2D eigenvalue weighted by Crippen LogP contribution is -2.25. The van der Waals surface area contributed by atoms with E-state index in [0.717, 1.165) is 33.8 Å². The summed E-state index contributed by atoms with van der Waals surface area (Å²) in [6, 6.07) is 44.2. The summed E-state index contributed by atoms with van der Waals surface area (Å²) in [6.45, 7) is 4.00. The van der Waals surface area contributed by atoms with Gasteiger partial charge in [0.05, 0.1) is 17.1 Å². The Kier molecular flexibility index (Phi) is 8.63. The summed E-state index contributed by atoms with van der Waals surface area (Å²) in [7, 11) is -0.999. The molecule has 0 aliphatic rings. The lowest BCUT2D eigenvalue weighted by Gasteiger charge is -2.26. The van der Waals surface area contributed by atoms with Gasteiger partial charge in [-0.25, -0.2) is 0 Å². The van der Waals surface area contributed by atoms with Crippen molar-refractivity contribution in [2.24, 2.45) is 0 Å². The van der Waals surface area contributed by atoms with Crippen LogP contribution in [0.1, 0.15) is 13.8 Å².